The number of benzene rings is 2. The predicted octanol–water partition coefficient (Wildman–Crippen LogP) is 4.79. The number of rotatable bonds is 6. The highest BCUT2D eigenvalue weighted by Gasteiger charge is 2.20. The molecule has 0 bridgehead atoms. The first kappa shape index (κ1) is 18.4. The molecule has 1 aliphatic carbocycles. The molecule has 0 saturated carbocycles. The molecule has 0 saturated heterocycles. The summed E-state index contributed by atoms with van der Waals surface area (Å²) < 4.78 is 28.0. The van der Waals surface area contributed by atoms with Gasteiger partial charge in [-0.25, -0.2) is 13.1 Å². The van der Waals surface area contributed by atoms with E-state index in [0.717, 1.165) is 30.4 Å². The second-order valence-corrected chi connectivity index (χ2v) is 8.89. The largest absolute Gasteiger partial charge is 0.216 e. The Hall–Kier alpha value is -1.36. The van der Waals surface area contributed by atoms with E-state index in [4.69, 9.17) is 11.6 Å². The van der Waals surface area contributed by atoms with Crippen molar-refractivity contribution in [2.24, 2.45) is 0 Å². The van der Waals surface area contributed by atoms with Gasteiger partial charge in [-0.15, -0.1) is 0 Å². The van der Waals surface area contributed by atoms with E-state index in [2.05, 4.69) is 22.9 Å². The first-order valence-corrected chi connectivity index (χ1v) is 10.9. The van der Waals surface area contributed by atoms with Gasteiger partial charge in [0.2, 0.25) is 10.0 Å². The van der Waals surface area contributed by atoms with Gasteiger partial charge < -0.3 is 0 Å². The van der Waals surface area contributed by atoms with Crippen LogP contribution in [-0.4, -0.2) is 8.42 Å². The van der Waals surface area contributed by atoms with Crippen LogP contribution in [0.1, 0.15) is 54.5 Å². The fourth-order valence-electron chi connectivity index (χ4n) is 3.42. The van der Waals surface area contributed by atoms with Crippen LogP contribution in [0.15, 0.2) is 42.5 Å². The Balaban J connectivity index is 1.75. The Morgan fingerprint density at radius 2 is 1.72 bits per heavy atom. The van der Waals surface area contributed by atoms with Crippen molar-refractivity contribution in [1.29, 1.82) is 0 Å². The van der Waals surface area contributed by atoms with Crippen LogP contribution in [0.5, 0.6) is 0 Å². The van der Waals surface area contributed by atoms with Crippen LogP contribution in [0.25, 0.3) is 0 Å². The van der Waals surface area contributed by atoms with Crippen LogP contribution in [0.3, 0.4) is 0 Å². The van der Waals surface area contributed by atoms with Crippen molar-refractivity contribution in [3.63, 3.8) is 0 Å². The summed E-state index contributed by atoms with van der Waals surface area (Å²) in [6.07, 6.45) is 5.41. The maximum Gasteiger partial charge on any atom is 0.216 e. The van der Waals surface area contributed by atoms with Gasteiger partial charge in [0.15, 0.2) is 0 Å². The third-order valence-electron chi connectivity index (χ3n) is 4.77. The van der Waals surface area contributed by atoms with E-state index in [1.807, 2.05) is 6.92 Å². The van der Waals surface area contributed by atoms with Crippen molar-refractivity contribution in [2.45, 2.75) is 50.8 Å². The van der Waals surface area contributed by atoms with Crippen molar-refractivity contribution in [2.75, 3.05) is 0 Å². The van der Waals surface area contributed by atoms with Crippen molar-refractivity contribution in [3.8, 4) is 0 Å². The molecule has 5 heteroatoms. The Kier molecular flexibility index (Phi) is 5.82. The zero-order valence-corrected chi connectivity index (χ0v) is 16.0. The van der Waals surface area contributed by atoms with Crippen LogP contribution in [0.4, 0.5) is 0 Å². The lowest BCUT2D eigenvalue weighted by atomic mass is 9.89. The monoisotopic (exact) mass is 377 g/mol. The maximum absolute atomic E-state index is 12.6. The van der Waals surface area contributed by atoms with Gasteiger partial charge in [-0.05, 0) is 66.5 Å². The van der Waals surface area contributed by atoms with Crippen LogP contribution in [0.2, 0.25) is 5.02 Å². The summed E-state index contributed by atoms with van der Waals surface area (Å²) >= 11 is 5.86. The van der Waals surface area contributed by atoms with Gasteiger partial charge in [0, 0.05) is 11.1 Å². The number of halogens is 1. The van der Waals surface area contributed by atoms with Gasteiger partial charge in [-0.2, -0.15) is 0 Å². The Labute approximate surface area is 155 Å². The van der Waals surface area contributed by atoms with E-state index in [0.29, 0.717) is 5.02 Å². The lowest BCUT2D eigenvalue weighted by molar-refractivity contribution is 0.548. The van der Waals surface area contributed by atoms with Gasteiger partial charge in [-0.3, -0.25) is 0 Å². The van der Waals surface area contributed by atoms with Gasteiger partial charge in [0.1, 0.15) is 0 Å². The average molecular weight is 378 g/mol. The maximum atomic E-state index is 12.6. The van der Waals surface area contributed by atoms with Crippen molar-refractivity contribution >= 4 is 21.6 Å². The molecule has 0 aliphatic heterocycles. The van der Waals surface area contributed by atoms with Crippen molar-refractivity contribution in [3.05, 3.63) is 69.7 Å². The van der Waals surface area contributed by atoms with Gasteiger partial charge in [0.25, 0.3) is 0 Å². The van der Waals surface area contributed by atoms with Crippen LogP contribution < -0.4 is 4.72 Å². The standard InChI is InChI=1S/C20H24ClNO2S/c1-2-20(18-10-9-16-5-3-4-6-17(16)13-18)22-25(23,24)14-15-7-11-19(21)12-8-15/h7-13,20,22H,2-6,14H2,1H3/t20-/m0/s1. The lowest BCUT2D eigenvalue weighted by Gasteiger charge is -2.21. The molecule has 1 aliphatic rings. The normalized spacial score (nSPS) is 15.6. The molecule has 1 N–H and O–H groups in total. The van der Waals surface area contributed by atoms with E-state index in [9.17, 15) is 8.42 Å². The molecular formula is C20H24ClNO2S. The minimum Gasteiger partial charge on any atom is -0.212 e. The molecule has 2 aromatic carbocycles. The van der Waals surface area contributed by atoms with Gasteiger partial charge in [0.05, 0.1) is 5.75 Å². The zero-order chi connectivity index (χ0) is 17.9. The minimum atomic E-state index is -3.42. The van der Waals surface area contributed by atoms with E-state index in [-0.39, 0.29) is 11.8 Å². The molecule has 0 spiro atoms. The fourth-order valence-corrected chi connectivity index (χ4v) is 4.99. The first-order chi connectivity index (χ1) is 12.0. The highest BCUT2D eigenvalue weighted by atomic mass is 35.5. The van der Waals surface area contributed by atoms with Crippen molar-refractivity contribution in [1.82, 2.24) is 4.72 Å². The smallest absolute Gasteiger partial charge is 0.212 e. The number of nitrogens with one attached hydrogen (secondary N) is 1. The Bertz CT molecular complexity index is 831. The Morgan fingerprint density at radius 3 is 2.40 bits per heavy atom. The summed E-state index contributed by atoms with van der Waals surface area (Å²) in [7, 11) is -3.42. The average Bonchev–Trinajstić information content (AvgIpc) is 2.61. The molecular weight excluding hydrogens is 354 g/mol. The van der Waals surface area contributed by atoms with E-state index in [1.54, 1.807) is 24.3 Å². The summed E-state index contributed by atoms with van der Waals surface area (Å²) in [6, 6.07) is 13.2. The van der Waals surface area contributed by atoms with Gasteiger partial charge >= 0.3 is 0 Å². The summed E-state index contributed by atoms with van der Waals surface area (Å²) in [5, 5.41) is 0.606. The second-order valence-electron chi connectivity index (χ2n) is 6.70. The molecule has 25 heavy (non-hydrogen) atoms. The summed E-state index contributed by atoms with van der Waals surface area (Å²) in [5.74, 6) is -0.0361. The SMILES string of the molecule is CC[C@H](NS(=O)(=O)Cc1ccc(Cl)cc1)c1ccc2c(c1)CCCC2. The molecule has 0 radical (unpaired) electrons. The number of hydrogen-bond acceptors (Lipinski definition) is 2. The van der Waals surface area contributed by atoms with E-state index < -0.39 is 10.0 Å². The molecule has 134 valence electrons. The molecule has 0 fully saturated rings. The number of sulfonamides is 1. The predicted molar refractivity (Wildman–Crippen MR) is 103 cm³/mol. The Morgan fingerprint density at radius 1 is 1.04 bits per heavy atom. The third kappa shape index (κ3) is 4.84. The van der Waals surface area contributed by atoms with Crippen LogP contribution in [-0.2, 0) is 28.6 Å². The number of fused-ring (bicyclic) bond motifs is 1. The quantitative estimate of drug-likeness (QED) is 0.786. The summed E-state index contributed by atoms with van der Waals surface area (Å²) in [5.41, 5.74) is 4.58. The topological polar surface area (TPSA) is 46.2 Å². The van der Waals surface area contributed by atoms with Gasteiger partial charge in [-0.1, -0.05) is 48.9 Å². The molecule has 3 nitrogen and oxygen atoms in total. The number of aryl methyl sites for hydroxylation is 2. The fraction of sp³-hybridized carbons (Fsp3) is 0.400. The lowest BCUT2D eigenvalue weighted by Crippen LogP contribution is -2.29. The van der Waals surface area contributed by atoms with E-state index >= 15 is 0 Å². The number of hydrogen-bond donors (Lipinski definition) is 1. The van der Waals surface area contributed by atoms with E-state index in [1.165, 1.54) is 24.0 Å². The molecule has 0 aromatic heterocycles. The van der Waals surface area contributed by atoms with Crippen LogP contribution in [0, 0.1) is 0 Å². The molecule has 0 unspecified atom stereocenters. The van der Waals surface area contributed by atoms with Crippen LogP contribution >= 0.6 is 11.6 Å². The molecule has 2 aromatic rings. The summed E-state index contributed by atoms with van der Waals surface area (Å²) in [6.45, 7) is 2.01. The molecule has 0 heterocycles. The summed E-state index contributed by atoms with van der Waals surface area (Å²) in [4.78, 5) is 0. The minimum absolute atomic E-state index is 0.0361. The first-order valence-electron chi connectivity index (χ1n) is 8.83. The van der Waals surface area contributed by atoms with Crippen molar-refractivity contribution < 1.29 is 8.42 Å². The molecule has 0 amide bonds. The zero-order valence-electron chi connectivity index (χ0n) is 14.5. The highest BCUT2D eigenvalue weighted by Crippen LogP contribution is 2.26. The third-order valence-corrected chi connectivity index (χ3v) is 6.38. The molecule has 3 rings (SSSR count). The molecule has 1 atom stereocenters. The second kappa shape index (κ2) is 7.90. The highest BCUT2D eigenvalue weighted by molar-refractivity contribution is 7.88.